The zero-order valence-corrected chi connectivity index (χ0v) is 11.3. The van der Waals surface area contributed by atoms with Crippen molar-refractivity contribution in [1.82, 2.24) is 14.9 Å². The SMILES string of the molecule is Cc1nccn1CCNC1CC(C)CC(C)C1. The molecule has 1 aliphatic rings. The molecule has 2 rings (SSSR count). The van der Waals surface area contributed by atoms with Gasteiger partial charge < -0.3 is 9.88 Å². The lowest BCUT2D eigenvalue weighted by molar-refractivity contribution is 0.238. The van der Waals surface area contributed by atoms with E-state index in [1.807, 2.05) is 6.20 Å². The minimum Gasteiger partial charge on any atom is -0.334 e. The standard InChI is InChI=1S/C14H25N3/c1-11-8-12(2)10-14(9-11)16-5-7-17-6-4-15-13(17)3/h4,6,11-12,14,16H,5,7-10H2,1-3H3. The van der Waals surface area contributed by atoms with E-state index in [9.17, 15) is 0 Å². The highest BCUT2D eigenvalue weighted by atomic mass is 15.1. The zero-order valence-electron chi connectivity index (χ0n) is 11.3. The summed E-state index contributed by atoms with van der Waals surface area (Å²) in [5, 5.41) is 3.70. The number of hydrogen-bond acceptors (Lipinski definition) is 2. The van der Waals surface area contributed by atoms with Crippen molar-refractivity contribution >= 4 is 0 Å². The van der Waals surface area contributed by atoms with Gasteiger partial charge in [0.25, 0.3) is 0 Å². The number of rotatable bonds is 4. The lowest BCUT2D eigenvalue weighted by atomic mass is 9.80. The Morgan fingerprint density at radius 3 is 2.59 bits per heavy atom. The maximum atomic E-state index is 4.24. The summed E-state index contributed by atoms with van der Waals surface area (Å²) in [4.78, 5) is 4.24. The third-order valence-corrected chi connectivity index (χ3v) is 3.89. The molecule has 1 N–H and O–H groups in total. The van der Waals surface area contributed by atoms with E-state index >= 15 is 0 Å². The van der Waals surface area contributed by atoms with Gasteiger partial charge in [0.15, 0.2) is 0 Å². The summed E-state index contributed by atoms with van der Waals surface area (Å²) in [6.07, 6.45) is 8.02. The highest BCUT2D eigenvalue weighted by Gasteiger charge is 2.23. The molecule has 1 saturated carbocycles. The molecule has 1 aromatic rings. The van der Waals surface area contributed by atoms with Crippen molar-refractivity contribution in [2.75, 3.05) is 6.54 Å². The van der Waals surface area contributed by atoms with Gasteiger partial charge in [0.05, 0.1) is 0 Å². The number of aromatic nitrogens is 2. The molecule has 96 valence electrons. The molecule has 0 aliphatic heterocycles. The van der Waals surface area contributed by atoms with Crippen LogP contribution in [-0.4, -0.2) is 22.1 Å². The quantitative estimate of drug-likeness (QED) is 0.869. The second-order valence-electron chi connectivity index (χ2n) is 5.74. The van der Waals surface area contributed by atoms with E-state index in [2.05, 4.69) is 41.8 Å². The van der Waals surface area contributed by atoms with Crippen LogP contribution in [0.15, 0.2) is 12.4 Å². The predicted octanol–water partition coefficient (Wildman–Crippen LogP) is 2.61. The third kappa shape index (κ3) is 3.56. The molecule has 0 aromatic carbocycles. The Kier molecular flexibility index (Phi) is 4.21. The van der Waals surface area contributed by atoms with Gasteiger partial charge in [-0.15, -0.1) is 0 Å². The summed E-state index contributed by atoms with van der Waals surface area (Å²) in [6, 6.07) is 0.720. The molecule has 0 spiro atoms. The van der Waals surface area contributed by atoms with Crippen molar-refractivity contribution in [3.05, 3.63) is 18.2 Å². The monoisotopic (exact) mass is 235 g/mol. The summed E-state index contributed by atoms with van der Waals surface area (Å²) in [6.45, 7) is 8.91. The second-order valence-corrected chi connectivity index (χ2v) is 5.74. The topological polar surface area (TPSA) is 29.9 Å². The fourth-order valence-corrected chi connectivity index (χ4v) is 3.14. The Morgan fingerprint density at radius 1 is 1.29 bits per heavy atom. The van der Waals surface area contributed by atoms with Crippen LogP contribution >= 0.6 is 0 Å². The van der Waals surface area contributed by atoms with Crippen molar-refractivity contribution in [2.24, 2.45) is 11.8 Å². The lowest BCUT2D eigenvalue weighted by Crippen LogP contribution is -2.37. The summed E-state index contributed by atoms with van der Waals surface area (Å²) < 4.78 is 2.21. The van der Waals surface area contributed by atoms with Gasteiger partial charge in [-0.05, 0) is 38.0 Å². The van der Waals surface area contributed by atoms with Crippen molar-refractivity contribution in [3.8, 4) is 0 Å². The zero-order chi connectivity index (χ0) is 12.3. The van der Waals surface area contributed by atoms with Crippen LogP contribution in [0.3, 0.4) is 0 Å². The number of imidazole rings is 1. The minimum absolute atomic E-state index is 0.720. The molecular formula is C14H25N3. The van der Waals surface area contributed by atoms with Crippen LogP contribution in [0.25, 0.3) is 0 Å². The van der Waals surface area contributed by atoms with Crippen LogP contribution < -0.4 is 5.32 Å². The molecule has 0 amide bonds. The fourth-order valence-electron chi connectivity index (χ4n) is 3.14. The number of hydrogen-bond donors (Lipinski definition) is 1. The van der Waals surface area contributed by atoms with Crippen LogP contribution in [0.5, 0.6) is 0 Å². The summed E-state index contributed by atoms with van der Waals surface area (Å²) in [5.41, 5.74) is 0. The Morgan fingerprint density at radius 2 is 2.00 bits per heavy atom. The number of nitrogens with one attached hydrogen (secondary N) is 1. The molecular weight excluding hydrogens is 210 g/mol. The van der Waals surface area contributed by atoms with Gasteiger partial charge in [0.2, 0.25) is 0 Å². The largest absolute Gasteiger partial charge is 0.334 e. The lowest BCUT2D eigenvalue weighted by Gasteiger charge is -2.32. The Hall–Kier alpha value is -0.830. The predicted molar refractivity (Wildman–Crippen MR) is 70.9 cm³/mol. The van der Waals surface area contributed by atoms with Gasteiger partial charge in [0.1, 0.15) is 5.82 Å². The first-order chi connectivity index (χ1) is 8.15. The van der Waals surface area contributed by atoms with Gasteiger partial charge in [-0.3, -0.25) is 0 Å². The molecule has 2 atom stereocenters. The molecule has 1 aliphatic carbocycles. The molecule has 1 fully saturated rings. The average Bonchev–Trinajstić information content (AvgIpc) is 2.63. The smallest absolute Gasteiger partial charge is 0.105 e. The molecule has 1 aromatic heterocycles. The fraction of sp³-hybridized carbons (Fsp3) is 0.786. The van der Waals surface area contributed by atoms with Gasteiger partial charge in [0, 0.05) is 31.5 Å². The molecule has 0 radical (unpaired) electrons. The Bertz CT molecular complexity index is 335. The van der Waals surface area contributed by atoms with Crippen molar-refractivity contribution in [2.45, 2.75) is 52.6 Å². The van der Waals surface area contributed by atoms with E-state index < -0.39 is 0 Å². The average molecular weight is 235 g/mol. The van der Waals surface area contributed by atoms with Crippen molar-refractivity contribution in [1.29, 1.82) is 0 Å². The molecule has 17 heavy (non-hydrogen) atoms. The minimum atomic E-state index is 0.720. The molecule has 0 saturated heterocycles. The third-order valence-electron chi connectivity index (χ3n) is 3.89. The van der Waals surface area contributed by atoms with Crippen LogP contribution in [0, 0.1) is 18.8 Å². The summed E-state index contributed by atoms with van der Waals surface area (Å²) >= 11 is 0. The van der Waals surface area contributed by atoms with E-state index in [0.29, 0.717) is 0 Å². The molecule has 1 heterocycles. The highest BCUT2D eigenvalue weighted by Crippen LogP contribution is 2.28. The van der Waals surface area contributed by atoms with Gasteiger partial charge >= 0.3 is 0 Å². The van der Waals surface area contributed by atoms with Gasteiger partial charge in [-0.1, -0.05) is 13.8 Å². The Balaban J connectivity index is 1.73. The van der Waals surface area contributed by atoms with Crippen LogP contribution in [-0.2, 0) is 6.54 Å². The molecule has 3 nitrogen and oxygen atoms in total. The van der Waals surface area contributed by atoms with E-state index in [0.717, 1.165) is 36.8 Å². The van der Waals surface area contributed by atoms with Gasteiger partial charge in [-0.2, -0.15) is 0 Å². The number of nitrogens with zero attached hydrogens (tertiary/aromatic N) is 2. The van der Waals surface area contributed by atoms with E-state index in [4.69, 9.17) is 0 Å². The second kappa shape index (κ2) is 5.67. The van der Waals surface area contributed by atoms with Crippen LogP contribution in [0.1, 0.15) is 38.9 Å². The van der Waals surface area contributed by atoms with Crippen molar-refractivity contribution in [3.63, 3.8) is 0 Å². The maximum absolute atomic E-state index is 4.24. The van der Waals surface area contributed by atoms with E-state index in [1.165, 1.54) is 19.3 Å². The molecule has 3 heteroatoms. The first kappa shape index (κ1) is 12.6. The van der Waals surface area contributed by atoms with Gasteiger partial charge in [-0.25, -0.2) is 4.98 Å². The van der Waals surface area contributed by atoms with E-state index in [1.54, 1.807) is 0 Å². The molecule has 0 bridgehead atoms. The van der Waals surface area contributed by atoms with E-state index in [-0.39, 0.29) is 0 Å². The maximum Gasteiger partial charge on any atom is 0.105 e. The molecule has 2 unspecified atom stereocenters. The first-order valence-electron chi connectivity index (χ1n) is 6.86. The first-order valence-corrected chi connectivity index (χ1v) is 6.86. The highest BCUT2D eigenvalue weighted by molar-refractivity contribution is 4.88. The Labute approximate surface area is 105 Å². The van der Waals surface area contributed by atoms with Crippen molar-refractivity contribution < 1.29 is 0 Å². The van der Waals surface area contributed by atoms with Crippen LogP contribution in [0.4, 0.5) is 0 Å². The summed E-state index contributed by atoms with van der Waals surface area (Å²) in [5.74, 6) is 2.87. The normalized spacial score (nSPS) is 29.5. The number of aryl methyl sites for hydroxylation is 1. The summed E-state index contributed by atoms with van der Waals surface area (Å²) in [7, 11) is 0. The van der Waals surface area contributed by atoms with Crippen LogP contribution in [0.2, 0.25) is 0 Å².